The molecule has 30 heavy (non-hydrogen) atoms. The molecule has 3 aromatic rings. The van der Waals surface area contributed by atoms with Gasteiger partial charge in [-0.15, -0.1) is 0 Å². The van der Waals surface area contributed by atoms with Gasteiger partial charge in [0.15, 0.2) is 0 Å². The summed E-state index contributed by atoms with van der Waals surface area (Å²) in [5.41, 5.74) is 4.38. The maximum absolute atomic E-state index is 12.5. The van der Waals surface area contributed by atoms with Crippen LogP contribution in [0.25, 0.3) is 11.1 Å². The average Bonchev–Trinajstić information content (AvgIpc) is 2.72. The molecule has 1 amide bonds. The molecule has 0 aliphatic carbocycles. The van der Waals surface area contributed by atoms with Crippen LogP contribution in [0.1, 0.15) is 18.4 Å². The summed E-state index contributed by atoms with van der Waals surface area (Å²) in [6.07, 6.45) is 1.82. The van der Waals surface area contributed by atoms with E-state index in [-0.39, 0.29) is 18.9 Å². The summed E-state index contributed by atoms with van der Waals surface area (Å²) in [7, 11) is -3.43. The Balaban J connectivity index is 1.64. The van der Waals surface area contributed by atoms with Crippen molar-refractivity contribution >= 4 is 27.3 Å². The molecule has 0 aliphatic rings. The third-order valence-corrected chi connectivity index (χ3v) is 5.97. The zero-order valence-electron chi connectivity index (χ0n) is 17.2. The average molecular weight is 423 g/mol. The van der Waals surface area contributed by atoms with E-state index in [1.807, 2.05) is 73.7 Å². The fraction of sp³-hybridized carbons (Fsp3) is 0.208. The topological polar surface area (TPSA) is 66.5 Å². The molecule has 3 aromatic carbocycles. The van der Waals surface area contributed by atoms with Gasteiger partial charge in [-0.2, -0.15) is 0 Å². The number of carbonyl (C=O) groups excluding carboxylic acids is 1. The van der Waals surface area contributed by atoms with Crippen LogP contribution in [0.3, 0.4) is 0 Å². The highest BCUT2D eigenvalue weighted by atomic mass is 32.2. The fourth-order valence-corrected chi connectivity index (χ4v) is 4.22. The quantitative estimate of drug-likeness (QED) is 0.564. The lowest BCUT2D eigenvalue weighted by atomic mass is 10.0. The standard InChI is InChI=1S/C24H26N2O3S/c1-19-14-16-21(17-15-19)26(30(2,28)29)18-8-13-24(27)25-23-12-7-6-11-22(23)20-9-4-3-5-10-20/h3-7,9-12,14-17H,8,13,18H2,1-2H3,(H,25,27). The molecule has 0 radical (unpaired) electrons. The molecular formula is C24H26N2O3S. The maximum atomic E-state index is 12.5. The van der Waals surface area contributed by atoms with Gasteiger partial charge in [0.2, 0.25) is 15.9 Å². The van der Waals surface area contributed by atoms with E-state index in [9.17, 15) is 13.2 Å². The molecule has 0 spiro atoms. The van der Waals surface area contributed by atoms with E-state index < -0.39 is 10.0 Å². The van der Waals surface area contributed by atoms with Crippen LogP contribution in [0.15, 0.2) is 78.9 Å². The highest BCUT2D eigenvalue weighted by Gasteiger charge is 2.17. The third-order valence-electron chi connectivity index (χ3n) is 4.77. The molecule has 0 unspecified atom stereocenters. The van der Waals surface area contributed by atoms with Gasteiger partial charge in [-0.3, -0.25) is 9.10 Å². The summed E-state index contributed by atoms with van der Waals surface area (Å²) in [4.78, 5) is 12.5. The number of nitrogens with zero attached hydrogens (tertiary/aromatic N) is 1. The molecule has 5 nitrogen and oxygen atoms in total. The van der Waals surface area contributed by atoms with Crippen LogP contribution in [0.4, 0.5) is 11.4 Å². The van der Waals surface area contributed by atoms with E-state index in [1.54, 1.807) is 12.1 Å². The number of carbonyl (C=O) groups is 1. The predicted molar refractivity (Wildman–Crippen MR) is 123 cm³/mol. The molecular weight excluding hydrogens is 396 g/mol. The Labute approximate surface area is 178 Å². The van der Waals surface area contributed by atoms with Gasteiger partial charge < -0.3 is 5.32 Å². The largest absolute Gasteiger partial charge is 0.326 e. The molecule has 0 fully saturated rings. The van der Waals surface area contributed by atoms with E-state index >= 15 is 0 Å². The van der Waals surface area contributed by atoms with Crippen molar-refractivity contribution in [2.75, 3.05) is 22.4 Å². The van der Waals surface area contributed by atoms with Crippen molar-refractivity contribution in [2.24, 2.45) is 0 Å². The Hall–Kier alpha value is -3.12. The number of benzene rings is 3. The van der Waals surface area contributed by atoms with Crippen molar-refractivity contribution in [3.05, 3.63) is 84.4 Å². The van der Waals surface area contributed by atoms with Crippen molar-refractivity contribution < 1.29 is 13.2 Å². The van der Waals surface area contributed by atoms with Gasteiger partial charge in [-0.05, 0) is 37.1 Å². The molecule has 0 atom stereocenters. The summed E-state index contributed by atoms with van der Waals surface area (Å²) >= 11 is 0. The SMILES string of the molecule is Cc1ccc(N(CCCC(=O)Nc2ccccc2-c2ccccc2)S(C)(=O)=O)cc1. The van der Waals surface area contributed by atoms with Gasteiger partial charge in [0.25, 0.3) is 0 Å². The normalized spacial score (nSPS) is 11.1. The number of hydrogen-bond donors (Lipinski definition) is 1. The number of anilines is 2. The van der Waals surface area contributed by atoms with Crippen molar-refractivity contribution in [3.63, 3.8) is 0 Å². The summed E-state index contributed by atoms with van der Waals surface area (Å²) < 4.78 is 25.8. The van der Waals surface area contributed by atoms with E-state index in [0.29, 0.717) is 12.1 Å². The van der Waals surface area contributed by atoms with Crippen LogP contribution in [0.2, 0.25) is 0 Å². The van der Waals surface area contributed by atoms with Crippen LogP contribution < -0.4 is 9.62 Å². The van der Waals surface area contributed by atoms with Crippen LogP contribution in [0, 0.1) is 6.92 Å². The molecule has 0 heterocycles. The zero-order chi connectivity index (χ0) is 21.6. The van der Waals surface area contributed by atoms with Crippen LogP contribution in [0.5, 0.6) is 0 Å². The predicted octanol–water partition coefficient (Wildman–Crippen LogP) is 4.85. The number of rotatable bonds is 8. The Morgan fingerprint density at radius 2 is 1.53 bits per heavy atom. The van der Waals surface area contributed by atoms with Gasteiger partial charge >= 0.3 is 0 Å². The van der Waals surface area contributed by atoms with E-state index in [4.69, 9.17) is 0 Å². The van der Waals surface area contributed by atoms with Gasteiger partial charge in [0.1, 0.15) is 0 Å². The molecule has 6 heteroatoms. The molecule has 3 rings (SSSR count). The summed E-state index contributed by atoms with van der Waals surface area (Å²) in [5.74, 6) is -0.143. The lowest BCUT2D eigenvalue weighted by Gasteiger charge is -2.22. The molecule has 0 aromatic heterocycles. The van der Waals surface area contributed by atoms with Crippen molar-refractivity contribution in [3.8, 4) is 11.1 Å². The number of amides is 1. The lowest BCUT2D eigenvalue weighted by molar-refractivity contribution is -0.116. The third kappa shape index (κ3) is 5.70. The number of nitrogens with one attached hydrogen (secondary N) is 1. The summed E-state index contributed by atoms with van der Waals surface area (Å²) in [5, 5.41) is 2.96. The van der Waals surface area contributed by atoms with Crippen LogP contribution >= 0.6 is 0 Å². The Kier molecular flexibility index (Phi) is 6.90. The number of aryl methyl sites for hydroxylation is 1. The highest BCUT2D eigenvalue weighted by molar-refractivity contribution is 7.92. The molecule has 156 valence electrons. The molecule has 0 saturated carbocycles. The van der Waals surface area contributed by atoms with Crippen molar-refractivity contribution in [1.82, 2.24) is 0 Å². The second-order valence-corrected chi connectivity index (χ2v) is 9.14. The smallest absolute Gasteiger partial charge is 0.232 e. The van der Waals surface area contributed by atoms with Crippen LogP contribution in [-0.2, 0) is 14.8 Å². The summed E-state index contributed by atoms with van der Waals surface area (Å²) in [6, 6.07) is 24.8. The highest BCUT2D eigenvalue weighted by Crippen LogP contribution is 2.27. The number of hydrogen-bond acceptors (Lipinski definition) is 3. The zero-order valence-corrected chi connectivity index (χ0v) is 18.0. The van der Waals surface area contributed by atoms with Gasteiger partial charge in [-0.1, -0.05) is 66.2 Å². The number of sulfonamides is 1. The fourth-order valence-electron chi connectivity index (χ4n) is 3.25. The first-order valence-electron chi connectivity index (χ1n) is 9.83. The minimum Gasteiger partial charge on any atom is -0.326 e. The molecule has 1 N–H and O–H groups in total. The maximum Gasteiger partial charge on any atom is 0.232 e. The lowest BCUT2D eigenvalue weighted by Crippen LogP contribution is -2.31. The number of para-hydroxylation sites is 1. The van der Waals surface area contributed by atoms with E-state index in [2.05, 4.69) is 5.32 Å². The van der Waals surface area contributed by atoms with Gasteiger partial charge in [0.05, 0.1) is 11.9 Å². The first-order chi connectivity index (χ1) is 14.3. The van der Waals surface area contributed by atoms with Gasteiger partial charge in [0, 0.05) is 24.2 Å². The van der Waals surface area contributed by atoms with Crippen LogP contribution in [-0.4, -0.2) is 27.1 Å². The minimum absolute atomic E-state index is 0.143. The Bertz CT molecular complexity index is 1090. The second kappa shape index (κ2) is 9.59. The molecule has 0 saturated heterocycles. The monoisotopic (exact) mass is 422 g/mol. The van der Waals surface area contributed by atoms with E-state index in [0.717, 1.165) is 22.4 Å². The molecule has 0 bridgehead atoms. The van der Waals surface area contributed by atoms with Crippen molar-refractivity contribution in [2.45, 2.75) is 19.8 Å². The Morgan fingerprint density at radius 1 is 0.900 bits per heavy atom. The minimum atomic E-state index is -3.43. The van der Waals surface area contributed by atoms with E-state index in [1.165, 1.54) is 10.6 Å². The van der Waals surface area contributed by atoms with Crippen molar-refractivity contribution in [1.29, 1.82) is 0 Å². The summed E-state index contributed by atoms with van der Waals surface area (Å²) in [6.45, 7) is 2.20. The molecule has 0 aliphatic heterocycles. The van der Waals surface area contributed by atoms with Gasteiger partial charge in [-0.25, -0.2) is 8.42 Å². The first kappa shape index (κ1) is 21.6. The second-order valence-electron chi connectivity index (χ2n) is 7.23. The first-order valence-corrected chi connectivity index (χ1v) is 11.7. The Morgan fingerprint density at radius 3 is 2.20 bits per heavy atom.